The summed E-state index contributed by atoms with van der Waals surface area (Å²) in [5, 5.41) is 11.1. The van der Waals surface area contributed by atoms with Crippen LogP contribution in [0.25, 0.3) is 11.1 Å². The third kappa shape index (κ3) is 7.18. The summed E-state index contributed by atoms with van der Waals surface area (Å²) in [6, 6.07) is 14.1. The molecule has 1 saturated carbocycles. The Kier molecular flexibility index (Phi) is 8.71. The van der Waals surface area contributed by atoms with Gasteiger partial charge in [0.1, 0.15) is 5.82 Å². The number of morpholine rings is 1. The molecule has 9 heteroatoms. The van der Waals surface area contributed by atoms with E-state index >= 15 is 0 Å². The molecule has 0 unspecified atom stereocenters. The molecule has 2 fully saturated rings. The number of ether oxygens (including phenoxy) is 1. The molecular formula is C24H25CoF2N5O. The zero-order valence-electron chi connectivity index (χ0n) is 18.4. The molecule has 3 heterocycles. The van der Waals surface area contributed by atoms with Gasteiger partial charge in [-0.25, -0.2) is 9.37 Å². The van der Waals surface area contributed by atoms with Gasteiger partial charge in [0.05, 0.1) is 30.3 Å². The number of aromatic nitrogens is 3. The molecule has 1 aliphatic heterocycles. The minimum atomic E-state index is -0.445. The molecule has 33 heavy (non-hydrogen) atoms. The van der Waals surface area contributed by atoms with E-state index in [1.165, 1.54) is 6.20 Å². The van der Waals surface area contributed by atoms with E-state index in [-0.39, 0.29) is 35.2 Å². The summed E-state index contributed by atoms with van der Waals surface area (Å²) in [4.78, 5) is 6.36. The van der Waals surface area contributed by atoms with Crippen LogP contribution in [-0.4, -0.2) is 40.5 Å². The predicted octanol–water partition coefficient (Wildman–Crippen LogP) is 5.11. The molecule has 0 spiro atoms. The average Bonchev–Trinajstić information content (AvgIpc) is 3.58. The largest absolute Gasteiger partial charge is 2.00 e. The number of nitrogens with zero attached hydrogens (tertiary/aromatic N) is 4. The van der Waals surface area contributed by atoms with E-state index in [2.05, 4.69) is 31.5 Å². The first-order valence-electron chi connectivity index (χ1n) is 10.6. The predicted molar refractivity (Wildman–Crippen MR) is 120 cm³/mol. The molecule has 3 aromatic rings. The molecule has 2 atom stereocenters. The number of halogens is 2. The number of benzene rings is 1. The van der Waals surface area contributed by atoms with Gasteiger partial charge in [0.25, 0.3) is 0 Å². The van der Waals surface area contributed by atoms with Crippen molar-refractivity contribution < 1.29 is 30.3 Å². The van der Waals surface area contributed by atoms with Crippen LogP contribution in [0, 0.1) is 18.1 Å². The zero-order valence-corrected chi connectivity index (χ0v) is 19.4. The summed E-state index contributed by atoms with van der Waals surface area (Å²) in [5.74, 6) is 0.721. The monoisotopic (exact) mass is 496 g/mol. The van der Waals surface area contributed by atoms with E-state index in [1.54, 1.807) is 12.3 Å². The van der Waals surface area contributed by atoms with Gasteiger partial charge in [0, 0.05) is 19.2 Å². The minimum absolute atomic E-state index is 0. The van der Waals surface area contributed by atoms with Crippen molar-refractivity contribution in [1.82, 2.24) is 15.2 Å². The van der Waals surface area contributed by atoms with Gasteiger partial charge in [0.15, 0.2) is 11.6 Å². The van der Waals surface area contributed by atoms with Gasteiger partial charge >= 0.3 is 16.8 Å². The maximum absolute atomic E-state index is 14.4. The molecule has 1 saturated heterocycles. The molecule has 2 aliphatic rings. The van der Waals surface area contributed by atoms with Gasteiger partial charge in [0.2, 0.25) is 0 Å². The first-order valence-corrected chi connectivity index (χ1v) is 10.6. The second kappa shape index (κ2) is 11.5. The topological polar surface area (TPSA) is 63.2 Å². The van der Waals surface area contributed by atoms with Crippen LogP contribution in [0.5, 0.6) is 0 Å². The van der Waals surface area contributed by atoms with E-state index in [9.17, 15) is 8.78 Å². The molecule has 1 aromatic carbocycles. The summed E-state index contributed by atoms with van der Waals surface area (Å²) >= 11 is 0. The average molecular weight is 496 g/mol. The smallest absolute Gasteiger partial charge is 0.456 e. The Balaban J connectivity index is 0.000000555. The van der Waals surface area contributed by atoms with Crippen molar-refractivity contribution in [2.45, 2.75) is 38.9 Å². The molecule has 0 bridgehead atoms. The molecule has 2 aromatic heterocycles. The van der Waals surface area contributed by atoms with Crippen LogP contribution >= 0.6 is 0 Å². The molecular weight excluding hydrogens is 471 g/mol. The standard InChI is InChI=1S/C21H21FN5O.C3H4F.Co/c1-14-12-27(13-15(2)28-14)21-9-19(18(22)11-23-21)25-20-8-17(10-24-26-20)16-6-4-3-5-7-16;4-3-1-2-3;/h4-11,14-15H,12-13H2,1-2H3,(H,23,25,26);1-2H2;/q2*-1;+2/t14-,15-;;/m1../s1. The quantitative estimate of drug-likeness (QED) is 0.507. The number of rotatable bonds is 4. The summed E-state index contributed by atoms with van der Waals surface area (Å²) in [6.45, 7) is 5.47. The van der Waals surface area contributed by atoms with E-state index in [4.69, 9.17) is 4.74 Å². The van der Waals surface area contributed by atoms with Crippen molar-refractivity contribution >= 4 is 17.3 Å². The van der Waals surface area contributed by atoms with Crippen LogP contribution in [-0.2, 0) is 21.5 Å². The second-order valence-electron chi connectivity index (χ2n) is 7.95. The summed E-state index contributed by atoms with van der Waals surface area (Å²) in [5.41, 5.74) is 2.19. The summed E-state index contributed by atoms with van der Waals surface area (Å²) in [7, 11) is 0. The van der Waals surface area contributed by atoms with Crippen molar-refractivity contribution in [1.29, 1.82) is 0 Å². The second-order valence-corrected chi connectivity index (χ2v) is 7.95. The number of pyridine rings is 1. The number of hydrogen-bond donors (Lipinski definition) is 1. The Labute approximate surface area is 203 Å². The fourth-order valence-electron chi connectivity index (χ4n) is 3.41. The van der Waals surface area contributed by atoms with E-state index in [0.717, 1.165) is 24.0 Å². The Morgan fingerprint density at radius 2 is 1.76 bits per heavy atom. The molecule has 1 radical (unpaired) electrons. The Bertz CT molecular complexity index is 1030. The Morgan fingerprint density at radius 1 is 1.09 bits per heavy atom. The maximum atomic E-state index is 14.4. The van der Waals surface area contributed by atoms with Crippen LogP contribution in [0.4, 0.5) is 26.1 Å². The van der Waals surface area contributed by atoms with Crippen LogP contribution in [0.3, 0.4) is 0 Å². The maximum Gasteiger partial charge on any atom is 2.00 e. The third-order valence-electron chi connectivity index (χ3n) is 4.99. The third-order valence-corrected chi connectivity index (χ3v) is 4.99. The van der Waals surface area contributed by atoms with Crippen molar-refractivity contribution in [2.24, 2.45) is 0 Å². The van der Waals surface area contributed by atoms with Crippen LogP contribution < -0.4 is 10.2 Å². The zero-order chi connectivity index (χ0) is 22.5. The van der Waals surface area contributed by atoms with Crippen LogP contribution in [0.2, 0.25) is 0 Å². The molecule has 175 valence electrons. The van der Waals surface area contributed by atoms with Crippen LogP contribution in [0.1, 0.15) is 26.7 Å². The molecule has 6 nitrogen and oxygen atoms in total. The van der Waals surface area contributed by atoms with Gasteiger partial charge in [-0.1, -0.05) is 0 Å². The molecule has 1 aliphatic carbocycles. The first kappa shape index (κ1) is 25.0. The SMILES string of the molecule is C[C@@H]1CN(c2cc(Nc3cc(-c4cc[c-]cc4)cnn3)c(F)cn2)C[C@@H](C)O1.F[C-]1CC1.[Co+2]. The number of nitrogens with one attached hydrogen (secondary N) is 1. The Hall–Kier alpha value is -2.62. The summed E-state index contributed by atoms with van der Waals surface area (Å²) in [6.07, 6.45) is 4.73. The normalized spacial score (nSPS) is 19.7. The van der Waals surface area contributed by atoms with Crippen molar-refractivity contribution in [3.05, 3.63) is 66.8 Å². The molecule has 5 rings (SSSR count). The molecule has 0 amide bonds. The fourth-order valence-corrected chi connectivity index (χ4v) is 3.41. The van der Waals surface area contributed by atoms with Gasteiger partial charge in [-0.15, -0.1) is 10.7 Å². The van der Waals surface area contributed by atoms with E-state index in [1.807, 2.05) is 44.2 Å². The fraction of sp³-hybridized carbons (Fsp3) is 0.333. The van der Waals surface area contributed by atoms with Gasteiger partial charge < -0.3 is 19.3 Å². The van der Waals surface area contributed by atoms with E-state index in [0.29, 0.717) is 30.4 Å². The number of anilines is 3. The number of hydrogen-bond acceptors (Lipinski definition) is 6. The minimum Gasteiger partial charge on any atom is -0.456 e. The van der Waals surface area contributed by atoms with Gasteiger partial charge in [-0.3, -0.25) is 0 Å². The van der Waals surface area contributed by atoms with Crippen molar-refractivity contribution in [3.8, 4) is 11.1 Å². The van der Waals surface area contributed by atoms with Crippen LogP contribution in [0.15, 0.2) is 48.8 Å². The van der Waals surface area contributed by atoms with Gasteiger partial charge in [-0.05, 0) is 25.5 Å². The van der Waals surface area contributed by atoms with Crippen molar-refractivity contribution in [3.63, 3.8) is 0 Å². The Morgan fingerprint density at radius 3 is 2.39 bits per heavy atom. The molecule has 1 N–H and O–H groups in total. The summed E-state index contributed by atoms with van der Waals surface area (Å²) < 4.78 is 31.2. The van der Waals surface area contributed by atoms with Gasteiger partial charge in [-0.2, -0.15) is 54.4 Å². The van der Waals surface area contributed by atoms with E-state index < -0.39 is 5.82 Å². The van der Waals surface area contributed by atoms with Crippen molar-refractivity contribution in [2.75, 3.05) is 23.3 Å². The first-order chi connectivity index (χ1) is 15.5.